The lowest BCUT2D eigenvalue weighted by Crippen LogP contribution is -2.03. The Morgan fingerprint density at radius 1 is 1.26 bits per heavy atom. The molecule has 0 spiro atoms. The zero-order chi connectivity index (χ0) is 13.2. The minimum Gasteiger partial charge on any atom is -0.373 e. The summed E-state index contributed by atoms with van der Waals surface area (Å²) in [5.41, 5.74) is 1.16. The van der Waals surface area contributed by atoms with E-state index < -0.39 is 0 Å². The molecule has 0 radical (unpaired) electrons. The molecule has 1 aliphatic rings. The SMILES string of the molecule is CNc1cc(C2CCCC2)nc(-c2ccc(Cl)s2)n1. The second-order valence-corrected chi connectivity index (χ2v) is 6.55. The lowest BCUT2D eigenvalue weighted by Gasteiger charge is -2.11. The smallest absolute Gasteiger partial charge is 0.171 e. The van der Waals surface area contributed by atoms with Gasteiger partial charge in [-0.15, -0.1) is 11.3 Å². The molecule has 19 heavy (non-hydrogen) atoms. The molecule has 2 aromatic rings. The molecular weight excluding hydrogens is 278 g/mol. The van der Waals surface area contributed by atoms with Gasteiger partial charge in [-0.25, -0.2) is 9.97 Å². The average Bonchev–Trinajstić information content (AvgIpc) is 3.09. The molecular formula is C14H16ClN3S. The highest BCUT2D eigenvalue weighted by atomic mass is 35.5. The fraction of sp³-hybridized carbons (Fsp3) is 0.429. The monoisotopic (exact) mass is 293 g/mol. The molecule has 3 rings (SSSR count). The van der Waals surface area contributed by atoms with Crippen molar-refractivity contribution in [1.29, 1.82) is 0 Å². The maximum absolute atomic E-state index is 6.00. The van der Waals surface area contributed by atoms with E-state index in [0.717, 1.165) is 26.5 Å². The van der Waals surface area contributed by atoms with Gasteiger partial charge in [0.2, 0.25) is 0 Å². The van der Waals surface area contributed by atoms with Crippen LogP contribution in [0.4, 0.5) is 5.82 Å². The van der Waals surface area contributed by atoms with Crippen molar-refractivity contribution in [3.63, 3.8) is 0 Å². The van der Waals surface area contributed by atoms with Gasteiger partial charge in [-0.2, -0.15) is 0 Å². The van der Waals surface area contributed by atoms with Crippen molar-refractivity contribution in [2.24, 2.45) is 0 Å². The molecule has 1 N–H and O–H groups in total. The molecule has 0 saturated heterocycles. The third-order valence-electron chi connectivity index (χ3n) is 3.57. The van der Waals surface area contributed by atoms with Crippen molar-refractivity contribution >= 4 is 28.8 Å². The van der Waals surface area contributed by atoms with Crippen molar-refractivity contribution < 1.29 is 0 Å². The Hall–Kier alpha value is -1.13. The largest absolute Gasteiger partial charge is 0.373 e. The number of nitrogens with one attached hydrogen (secondary N) is 1. The molecule has 0 aliphatic heterocycles. The Morgan fingerprint density at radius 3 is 2.68 bits per heavy atom. The molecule has 1 aliphatic carbocycles. The van der Waals surface area contributed by atoms with Gasteiger partial charge in [0.05, 0.1) is 9.21 Å². The fourth-order valence-corrected chi connectivity index (χ4v) is 3.55. The predicted octanol–water partition coefficient (Wildman–Crippen LogP) is 4.56. The number of thiophene rings is 1. The van der Waals surface area contributed by atoms with E-state index >= 15 is 0 Å². The maximum Gasteiger partial charge on any atom is 0.171 e. The first kappa shape index (κ1) is 12.9. The lowest BCUT2D eigenvalue weighted by molar-refractivity contribution is 0.696. The molecule has 0 bridgehead atoms. The average molecular weight is 294 g/mol. The molecule has 100 valence electrons. The molecule has 2 aromatic heterocycles. The number of halogens is 1. The van der Waals surface area contributed by atoms with Gasteiger partial charge >= 0.3 is 0 Å². The van der Waals surface area contributed by atoms with E-state index in [-0.39, 0.29) is 0 Å². The van der Waals surface area contributed by atoms with Crippen LogP contribution in [0.5, 0.6) is 0 Å². The standard InChI is InChI=1S/C14H16ClN3S/c1-16-13-8-10(9-4-2-3-5-9)17-14(18-13)11-6-7-12(15)19-11/h6-9H,2-5H2,1H3,(H,16,17,18). The number of anilines is 1. The van der Waals surface area contributed by atoms with Crippen LogP contribution in [-0.2, 0) is 0 Å². The van der Waals surface area contributed by atoms with Gasteiger partial charge in [0.1, 0.15) is 5.82 Å². The second-order valence-electron chi connectivity index (χ2n) is 4.84. The van der Waals surface area contributed by atoms with Crippen LogP contribution in [0.1, 0.15) is 37.3 Å². The summed E-state index contributed by atoms with van der Waals surface area (Å²) in [6.07, 6.45) is 5.10. The summed E-state index contributed by atoms with van der Waals surface area (Å²) < 4.78 is 0.774. The minimum atomic E-state index is 0.587. The number of aromatic nitrogens is 2. The number of hydrogen-bond acceptors (Lipinski definition) is 4. The highest BCUT2D eigenvalue weighted by Crippen LogP contribution is 2.36. The summed E-state index contributed by atoms with van der Waals surface area (Å²) in [7, 11) is 1.89. The molecule has 2 heterocycles. The Balaban J connectivity index is 2.01. The molecule has 5 heteroatoms. The van der Waals surface area contributed by atoms with Crippen LogP contribution in [0.25, 0.3) is 10.7 Å². The van der Waals surface area contributed by atoms with Crippen molar-refractivity contribution in [3.8, 4) is 10.7 Å². The van der Waals surface area contributed by atoms with Crippen molar-refractivity contribution in [2.45, 2.75) is 31.6 Å². The fourth-order valence-electron chi connectivity index (χ4n) is 2.57. The zero-order valence-corrected chi connectivity index (χ0v) is 12.4. The van der Waals surface area contributed by atoms with Gasteiger partial charge in [-0.1, -0.05) is 24.4 Å². The highest BCUT2D eigenvalue weighted by molar-refractivity contribution is 7.19. The summed E-state index contributed by atoms with van der Waals surface area (Å²) in [6, 6.07) is 5.96. The van der Waals surface area contributed by atoms with Crippen molar-refractivity contribution in [2.75, 3.05) is 12.4 Å². The van der Waals surface area contributed by atoms with Crippen molar-refractivity contribution in [3.05, 3.63) is 28.2 Å². The molecule has 3 nitrogen and oxygen atoms in total. The first-order chi connectivity index (χ1) is 9.26. The third kappa shape index (κ3) is 2.74. The zero-order valence-electron chi connectivity index (χ0n) is 10.8. The molecule has 0 unspecified atom stereocenters. The normalized spacial score (nSPS) is 15.9. The van der Waals surface area contributed by atoms with Crippen LogP contribution in [-0.4, -0.2) is 17.0 Å². The van der Waals surface area contributed by atoms with Gasteiger partial charge in [0, 0.05) is 24.7 Å². The van der Waals surface area contributed by atoms with Crippen LogP contribution >= 0.6 is 22.9 Å². The molecule has 1 saturated carbocycles. The second kappa shape index (κ2) is 5.47. The first-order valence-electron chi connectivity index (χ1n) is 6.58. The number of hydrogen-bond donors (Lipinski definition) is 1. The molecule has 0 amide bonds. The Morgan fingerprint density at radius 2 is 2.05 bits per heavy atom. The van der Waals surface area contributed by atoms with Crippen LogP contribution in [0, 0.1) is 0 Å². The lowest BCUT2D eigenvalue weighted by atomic mass is 10.0. The number of rotatable bonds is 3. The van der Waals surface area contributed by atoms with Gasteiger partial charge in [0.25, 0.3) is 0 Å². The highest BCUT2D eigenvalue weighted by Gasteiger charge is 2.20. The summed E-state index contributed by atoms with van der Waals surface area (Å²) in [5.74, 6) is 2.26. The topological polar surface area (TPSA) is 37.8 Å². The van der Waals surface area contributed by atoms with Crippen LogP contribution in [0.15, 0.2) is 18.2 Å². The van der Waals surface area contributed by atoms with E-state index in [1.165, 1.54) is 37.0 Å². The summed E-state index contributed by atoms with van der Waals surface area (Å²) in [6.45, 7) is 0. The Kier molecular flexibility index (Phi) is 3.71. The van der Waals surface area contributed by atoms with E-state index in [4.69, 9.17) is 16.6 Å². The van der Waals surface area contributed by atoms with Gasteiger partial charge < -0.3 is 5.32 Å². The van der Waals surface area contributed by atoms with Crippen LogP contribution < -0.4 is 5.32 Å². The van der Waals surface area contributed by atoms with E-state index in [1.807, 2.05) is 19.2 Å². The summed E-state index contributed by atoms with van der Waals surface area (Å²) in [5, 5.41) is 3.13. The van der Waals surface area contributed by atoms with E-state index in [1.54, 1.807) is 0 Å². The molecule has 1 fully saturated rings. The predicted molar refractivity (Wildman–Crippen MR) is 81.1 cm³/mol. The van der Waals surface area contributed by atoms with E-state index in [2.05, 4.69) is 16.4 Å². The van der Waals surface area contributed by atoms with Gasteiger partial charge in [0.15, 0.2) is 5.82 Å². The number of nitrogens with zero attached hydrogens (tertiary/aromatic N) is 2. The Bertz CT molecular complexity index is 576. The summed E-state index contributed by atoms with van der Waals surface area (Å²) >= 11 is 7.52. The molecule has 0 atom stereocenters. The van der Waals surface area contributed by atoms with E-state index in [0.29, 0.717) is 5.92 Å². The quantitative estimate of drug-likeness (QED) is 0.901. The maximum atomic E-state index is 6.00. The Labute approximate surface area is 122 Å². The van der Waals surface area contributed by atoms with Crippen molar-refractivity contribution in [1.82, 2.24) is 9.97 Å². The summed E-state index contributed by atoms with van der Waals surface area (Å²) in [4.78, 5) is 10.3. The van der Waals surface area contributed by atoms with Crippen LogP contribution in [0.2, 0.25) is 4.34 Å². The molecule has 0 aromatic carbocycles. The van der Waals surface area contributed by atoms with Gasteiger partial charge in [-0.05, 0) is 25.0 Å². The van der Waals surface area contributed by atoms with Crippen LogP contribution in [0.3, 0.4) is 0 Å². The third-order valence-corrected chi connectivity index (χ3v) is 4.80. The van der Waals surface area contributed by atoms with Gasteiger partial charge in [-0.3, -0.25) is 0 Å². The first-order valence-corrected chi connectivity index (χ1v) is 7.78. The van der Waals surface area contributed by atoms with E-state index in [9.17, 15) is 0 Å². The minimum absolute atomic E-state index is 0.587.